The van der Waals surface area contributed by atoms with Crippen molar-refractivity contribution in [3.63, 3.8) is 0 Å². The monoisotopic (exact) mass is 615 g/mol. The zero-order valence-electron chi connectivity index (χ0n) is 24.0. The second-order valence-corrected chi connectivity index (χ2v) is 13.4. The van der Waals surface area contributed by atoms with E-state index in [1.807, 2.05) is 12.1 Å². The predicted molar refractivity (Wildman–Crippen MR) is 159 cm³/mol. The Kier molecular flexibility index (Phi) is 9.15. The maximum absolute atomic E-state index is 13.2. The number of sulfone groups is 1. The van der Waals surface area contributed by atoms with Gasteiger partial charge in [-0.15, -0.1) is 0 Å². The van der Waals surface area contributed by atoms with Crippen LogP contribution in [-0.4, -0.2) is 64.0 Å². The lowest BCUT2D eigenvalue weighted by Gasteiger charge is -2.47. The molecule has 11 heteroatoms. The van der Waals surface area contributed by atoms with Crippen molar-refractivity contribution < 1.29 is 31.1 Å². The van der Waals surface area contributed by atoms with E-state index in [1.165, 1.54) is 0 Å². The molecule has 0 saturated carbocycles. The number of ether oxygens (including phenoxy) is 1. The lowest BCUT2D eigenvalue weighted by molar-refractivity contribution is -0.137. The highest BCUT2D eigenvalue weighted by molar-refractivity contribution is 7.91. The number of rotatable bonds is 8. The molecule has 0 radical (unpaired) electrons. The summed E-state index contributed by atoms with van der Waals surface area (Å²) in [5, 5.41) is 0. The highest BCUT2D eigenvalue weighted by Gasteiger charge is 2.35. The molecule has 2 N–H and O–H groups in total. The van der Waals surface area contributed by atoms with Gasteiger partial charge in [0.25, 0.3) is 0 Å². The van der Waals surface area contributed by atoms with Gasteiger partial charge in [-0.05, 0) is 78.4 Å². The van der Waals surface area contributed by atoms with Gasteiger partial charge in [-0.25, -0.2) is 8.42 Å². The summed E-state index contributed by atoms with van der Waals surface area (Å²) in [7, 11) is -3.34. The fourth-order valence-electron chi connectivity index (χ4n) is 6.05. The minimum Gasteiger partial charge on any atom is -0.379 e. The standard InChI is InChI=1S/C32H36F3N3O4S/c1-2-43(40,41)28-11-3-22(4-12-28)19-25-20-27(10-13-29(25)31(36)39)38-21-24(7-14-30(38)37-15-17-42-18-16-37)23-5-8-26(9-6-23)32(33,34)35/h3-6,8-13,20,24,30H,2,7,14-19,21H2,1H3,(H2,36,39)/t24?,30-/m0/s1. The molecule has 3 aromatic rings. The number of carbonyl (C=O) groups excluding carboxylic acids is 1. The zero-order valence-corrected chi connectivity index (χ0v) is 24.8. The Hall–Kier alpha value is -3.41. The van der Waals surface area contributed by atoms with Crippen molar-refractivity contribution in [2.75, 3.05) is 43.5 Å². The molecule has 2 atom stereocenters. The molecule has 7 nitrogen and oxygen atoms in total. The maximum atomic E-state index is 13.2. The van der Waals surface area contributed by atoms with E-state index in [4.69, 9.17) is 10.5 Å². The van der Waals surface area contributed by atoms with Gasteiger partial charge < -0.3 is 15.4 Å². The van der Waals surface area contributed by atoms with Crippen LogP contribution in [0.15, 0.2) is 71.6 Å². The molecule has 0 bridgehead atoms. The van der Waals surface area contributed by atoms with Gasteiger partial charge in [0.1, 0.15) is 0 Å². The number of benzene rings is 3. The summed E-state index contributed by atoms with van der Waals surface area (Å²) in [5.41, 5.74) is 8.76. The molecule has 1 amide bonds. The molecule has 0 aliphatic carbocycles. The molecule has 1 unspecified atom stereocenters. The molecule has 5 rings (SSSR count). The molecule has 2 fully saturated rings. The fourth-order valence-corrected chi connectivity index (χ4v) is 6.94. The Balaban J connectivity index is 1.47. The van der Waals surface area contributed by atoms with Crippen LogP contribution in [0.2, 0.25) is 0 Å². The van der Waals surface area contributed by atoms with Crippen molar-refractivity contribution in [3.8, 4) is 0 Å². The SMILES string of the molecule is CCS(=O)(=O)c1ccc(Cc2cc(N3CC(c4ccc(C(F)(F)F)cc4)CC[C@H]3N3CCOCC3)ccc2C(N)=O)cc1. The first-order valence-electron chi connectivity index (χ1n) is 14.5. The number of carbonyl (C=O) groups is 1. The number of primary amides is 1. The van der Waals surface area contributed by atoms with E-state index in [0.29, 0.717) is 37.3 Å². The maximum Gasteiger partial charge on any atom is 0.416 e. The van der Waals surface area contributed by atoms with Crippen LogP contribution >= 0.6 is 0 Å². The number of piperidine rings is 1. The first kappa shape index (κ1) is 31.0. The third kappa shape index (κ3) is 7.05. The van der Waals surface area contributed by atoms with E-state index < -0.39 is 27.5 Å². The van der Waals surface area contributed by atoms with Crippen molar-refractivity contribution in [1.29, 1.82) is 0 Å². The Morgan fingerprint density at radius 3 is 2.26 bits per heavy atom. The first-order valence-corrected chi connectivity index (χ1v) is 16.1. The largest absolute Gasteiger partial charge is 0.416 e. The third-order valence-corrected chi connectivity index (χ3v) is 10.2. The van der Waals surface area contributed by atoms with Crippen LogP contribution in [0, 0.1) is 0 Å². The zero-order chi connectivity index (χ0) is 30.8. The molecule has 2 heterocycles. The number of halogens is 3. The third-order valence-electron chi connectivity index (χ3n) is 8.47. The fraction of sp³-hybridized carbons (Fsp3) is 0.406. The summed E-state index contributed by atoms with van der Waals surface area (Å²) in [6.07, 6.45) is -2.33. The number of amides is 1. The van der Waals surface area contributed by atoms with Crippen molar-refractivity contribution in [2.45, 2.75) is 49.3 Å². The molecular weight excluding hydrogens is 579 g/mol. The van der Waals surface area contributed by atoms with Crippen molar-refractivity contribution in [2.24, 2.45) is 5.73 Å². The minimum absolute atomic E-state index is 0.00776. The molecule has 2 aliphatic rings. The van der Waals surface area contributed by atoms with Gasteiger partial charge in [0.15, 0.2) is 9.84 Å². The topological polar surface area (TPSA) is 92.9 Å². The van der Waals surface area contributed by atoms with Crippen LogP contribution < -0.4 is 10.6 Å². The number of hydrogen-bond donors (Lipinski definition) is 1. The summed E-state index contributed by atoms with van der Waals surface area (Å²) in [4.78, 5) is 17.3. The number of nitrogens with two attached hydrogens (primary N) is 1. The molecule has 2 saturated heterocycles. The number of morpholine rings is 1. The quantitative estimate of drug-likeness (QED) is 0.373. The summed E-state index contributed by atoms with van der Waals surface area (Å²) < 4.78 is 69.7. The number of anilines is 1. The lowest BCUT2D eigenvalue weighted by atomic mass is 9.87. The molecule has 0 spiro atoms. The smallest absolute Gasteiger partial charge is 0.379 e. The van der Waals surface area contributed by atoms with E-state index in [0.717, 1.165) is 54.9 Å². The summed E-state index contributed by atoms with van der Waals surface area (Å²) >= 11 is 0. The Morgan fingerprint density at radius 1 is 0.977 bits per heavy atom. The molecule has 0 aromatic heterocycles. The van der Waals surface area contributed by atoms with Gasteiger partial charge in [0.05, 0.1) is 35.6 Å². The minimum atomic E-state index is -4.39. The van der Waals surface area contributed by atoms with Crippen LogP contribution in [0.3, 0.4) is 0 Å². The van der Waals surface area contributed by atoms with Crippen LogP contribution in [-0.2, 0) is 27.2 Å². The van der Waals surface area contributed by atoms with E-state index >= 15 is 0 Å². The Bertz CT molecular complexity index is 1540. The molecule has 2 aliphatic heterocycles. The van der Waals surface area contributed by atoms with Crippen molar-refractivity contribution >= 4 is 21.4 Å². The normalized spacial score (nSPS) is 20.2. The summed E-state index contributed by atoms with van der Waals surface area (Å²) in [5.74, 6) is -0.530. The highest BCUT2D eigenvalue weighted by Crippen LogP contribution is 2.37. The average Bonchev–Trinajstić information content (AvgIpc) is 3.01. The van der Waals surface area contributed by atoms with E-state index in [2.05, 4.69) is 9.80 Å². The van der Waals surface area contributed by atoms with Gasteiger partial charge in [-0.1, -0.05) is 31.2 Å². The molecule has 3 aromatic carbocycles. The van der Waals surface area contributed by atoms with Crippen molar-refractivity contribution in [3.05, 3.63) is 94.5 Å². The predicted octanol–water partition coefficient (Wildman–Crippen LogP) is 5.23. The first-order chi connectivity index (χ1) is 20.5. The van der Waals surface area contributed by atoms with Crippen LogP contribution in [0.25, 0.3) is 0 Å². The van der Waals surface area contributed by atoms with Gasteiger partial charge in [0.2, 0.25) is 5.91 Å². The molecule has 43 heavy (non-hydrogen) atoms. The Morgan fingerprint density at radius 2 is 1.65 bits per heavy atom. The summed E-state index contributed by atoms with van der Waals surface area (Å²) in [6, 6.07) is 17.6. The Labute approximate surface area is 250 Å². The van der Waals surface area contributed by atoms with Crippen molar-refractivity contribution in [1.82, 2.24) is 4.90 Å². The van der Waals surface area contributed by atoms with Gasteiger partial charge in [0, 0.05) is 36.8 Å². The molecular formula is C32H36F3N3O4S. The van der Waals surface area contributed by atoms with Crippen LogP contribution in [0.4, 0.5) is 18.9 Å². The van der Waals surface area contributed by atoms with E-state index in [9.17, 15) is 26.4 Å². The average molecular weight is 616 g/mol. The van der Waals surface area contributed by atoms with E-state index in [-0.39, 0.29) is 22.7 Å². The lowest BCUT2D eigenvalue weighted by Crippen LogP contribution is -2.55. The van der Waals surface area contributed by atoms with Crippen LogP contribution in [0.1, 0.15) is 58.3 Å². The van der Waals surface area contributed by atoms with Gasteiger partial charge in [-0.2, -0.15) is 13.2 Å². The number of nitrogens with zero attached hydrogens (tertiary/aromatic N) is 2. The van der Waals surface area contributed by atoms with E-state index in [1.54, 1.807) is 49.4 Å². The molecule has 230 valence electrons. The second kappa shape index (κ2) is 12.7. The number of alkyl halides is 3. The second-order valence-electron chi connectivity index (χ2n) is 11.1. The van der Waals surface area contributed by atoms with Gasteiger partial charge in [-0.3, -0.25) is 9.69 Å². The highest BCUT2D eigenvalue weighted by atomic mass is 32.2. The summed E-state index contributed by atoms with van der Waals surface area (Å²) in [6.45, 7) is 4.98. The number of hydrogen-bond acceptors (Lipinski definition) is 6. The van der Waals surface area contributed by atoms with Crippen LogP contribution in [0.5, 0.6) is 0 Å². The van der Waals surface area contributed by atoms with Gasteiger partial charge >= 0.3 is 6.18 Å².